The van der Waals surface area contributed by atoms with Crippen molar-refractivity contribution >= 4 is 23.4 Å². The summed E-state index contributed by atoms with van der Waals surface area (Å²) in [6.45, 7) is 3.77. The first-order chi connectivity index (χ1) is 11.5. The number of ether oxygens (including phenoxy) is 1. The van der Waals surface area contributed by atoms with Crippen LogP contribution in [0.2, 0.25) is 0 Å². The van der Waals surface area contributed by atoms with E-state index < -0.39 is 0 Å². The standard InChI is InChI=1S/C18H19FN2O2S/c1-12-8-9-16(23-3)14(10-12)13(2)20-21-18(22)11-24-17-7-5-4-6-15(17)19/h4-10H,11H2,1-3H3,(H,21,22)/b20-13-. The van der Waals surface area contributed by atoms with Crippen LogP contribution in [-0.2, 0) is 4.79 Å². The number of amides is 1. The van der Waals surface area contributed by atoms with Crippen molar-refractivity contribution in [2.45, 2.75) is 18.7 Å². The summed E-state index contributed by atoms with van der Waals surface area (Å²) in [7, 11) is 1.59. The Morgan fingerprint density at radius 2 is 2.04 bits per heavy atom. The second-order valence-corrected chi connectivity index (χ2v) is 6.17. The van der Waals surface area contributed by atoms with Crippen molar-refractivity contribution < 1.29 is 13.9 Å². The van der Waals surface area contributed by atoms with E-state index in [1.165, 1.54) is 6.07 Å². The molecule has 4 nitrogen and oxygen atoms in total. The first kappa shape index (κ1) is 18.0. The van der Waals surface area contributed by atoms with Gasteiger partial charge in [-0.15, -0.1) is 11.8 Å². The van der Waals surface area contributed by atoms with Gasteiger partial charge in [0.15, 0.2) is 0 Å². The molecule has 0 saturated heterocycles. The minimum atomic E-state index is -0.334. The van der Waals surface area contributed by atoms with E-state index in [1.807, 2.05) is 25.1 Å². The number of hydrazone groups is 1. The summed E-state index contributed by atoms with van der Waals surface area (Å²) in [5.74, 6) is 0.147. The van der Waals surface area contributed by atoms with Gasteiger partial charge in [0, 0.05) is 10.5 Å². The highest BCUT2D eigenvalue weighted by Crippen LogP contribution is 2.21. The van der Waals surface area contributed by atoms with Crippen molar-refractivity contribution in [3.8, 4) is 5.75 Å². The summed E-state index contributed by atoms with van der Waals surface area (Å²) in [6.07, 6.45) is 0. The number of carbonyl (C=O) groups is 1. The van der Waals surface area contributed by atoms with Crippen LogP contribution in [0.5, 0.6) is 5.75 Å². The van der Waals surface area contributed by atoms with E-state index in [2.05, 4.69) is 10.5 Å². The number of nitrogens with zero attached hydrogens (tertiary/aromatic N) is 1. The largest absolute Gasteiger partial charge is 0.496 e. The molecule has 0 heterocycles. The number of aryl methyl sites for hydroxylation is 1. The molecule has 126 valence electrons. The predicted octanol–water partition coefficient (Wildman–Crippen LogP) is 3.78. The zero-order chi connectivity index (χ0) is 17.5. The Morgan fingerprint density at radius 1 is 1.29 bits per heavy atom. The molecule has 0 bridgehead atoms. The molecule has 0 aliphatic carbocycles. The Morgan fingerprint density at radius 3 is 2.75 bits per heavy atom. The van der Waals surface area contributed by atoms with Gasteiger partial charge >= 0.3 is 0 Å². The number of carbonyl (C=O) groups excluding carboxylic acids is 1. The van der Waals surface area contributed by atoms with Gasteiger partial charge in [0.25, 0.3) is 0 Å². The predicted molar refractivity (Wildman–Crippen MR) is 95.2 cm³/mol. The molecule has 2 rings (SSSR count). The normalized spacial score (nSPS) is 11.2. The van der Waals surface area contributed by atoms with Crippen molar-refractivity contribution in [2.24, 2.45) is 5.10 Å². The lowest BCUT2D eigenvalue weighted by Gasteiger charge is -2.09. The molecule has 0 aliphatic heterocycles. The lowest BCUT2D eigenvalue weighted by Crippen LogP contribution is -2.21. The number of nitrogens with one attached hydrogen (secondary N) is 1. The zero-order valence-electron chi connectivity index (χ0n) is 13.8. The molecule has 2 aromatic carbocycles. The van der Waals surface area contributed by atoms with Crippen molar-refractivity contribution in [2.75, 3.05) is 12.9 Å². The molecule has 0 unspecified atom stereocenters. The third kappa shape index (κ3) is 4.83. The zero-order valence-corrected chi connectivity index (χ0v) is 14.6. The van der Waals surface area contributed by atoms with Gasteiger partial charge in [0.2, 0.25) is 5.91 Å². The molecule has 0 saturated carbocycles. The van der Waals surface area contributed by atoms with Crippen molar-refractivity contribution in [1.29, 1.82) is 0 Å². The summed E-state index contributed by atoms with van der Waals surface area (Å²) >= 11 is 1.13. The Bertz CT molecular complexity index is 762. The number of methoxy groups -OCH3 is 1. The fourth-order valence-electron chi connectivity index (χ4n) is 2.05. The maximum Gasteiger partial charge on any atom is 0.250 e. The van der Waals surface area contributed by atoms with Gasteiger partial charge in [-0.1, -0.05) is 23.8 Å². The first-order valence-corrected chi connectivity index (χ1v) is 8.35. The Balaban J connectivity index is 1.98. The summed E-state index contributed by atoms with van der Waals surface area (Å²) in [6, 6.07) is 12.1. The summed E-state index contributed by atoms with van der Waals surface area (Å²) in [5, 5.41) is 4.11. The molecular formula is C18H19FN2O2S. The second-order valence-electron chi connectivity index (χ2n) is 5.16. The third-order valence-corrected chi connectivity index (χ3v) is 4.34. The monoisotopic (exact) mass is 346 g/mol. The third-order valence-electron chi connectivity index (χ3n) is 3.29. The molecule has 0 radical (unpaired) electrons. The number of halogens is 1. The fourth-order valence-corrected chi connectivity index (χ4v) is 2.78. The molecule has 1 amide bonds. The average Bonchev–Trinajstić information content (AvgIpc) is 2.59. The van der Waals surface area contributed by atoms with E-state index in [-0.39, 0.29) is 17.5 Å². The highest BCUT2D eigenvalue weighted by molar-refractivity contribution is 8.00. The number of hydrogen-bond acceptors (Lipinski definition) is 4. The fraction of sp³-hybridized carbons (Fsp3) is 0.222. The van der Waals surface area contributed by atoms with Crippen molar-refractivity contribution in [3.05, 3.63) is 59.4 Å². The van der Waals surface area contributed by atoms with Gasteiger partial charge in [0.1, 0.15) is 11.6 Å². The molecule has 24 heavy (non-hydrogen) atoms. The smallest absolute Gasteiger partial charge is 0.250 e. The average molecular weight is 346 g/mol. The molecule has 0 spiro atoms. The van der Waals surface area contributed by atoms with Crippen LogP contribution < -0.4 is 10.2 Å². The summed E-state index contributed by atoms with van der Waals surface area (Å²) < 4.78 is 18.8. The van der Waals surface area contributed by atoms with Crippen LogP contribution in [0.1, 0.15) is 18.1 Å². The van der Waals surface area contributed by atoms with Crippen LogP contribution >= 0.6 is 11.8 Å². The van der Waals surface area contributed by atoms with Gasteiger partial charge < -0.3 is 4.74 Å². The lowest BCUT2D eigenvalue weighted by atomic mass is 10.1. The lowest BCUT2D eigenvalue weighted by molar-refractivity contribution is -0.118. The maximum absolute atomic E-state index is 13.5. The van der Waals surface area contributed by atoms with Crippen molar-refractivity contribution in [3.63, 3.8) is 0 Å². The van der Waals surface area contributed by atoms with E-state index in [4.69, 9.17) is 4.74 Å². The minimum absolute atomic E-state index is 0.0860. The molecule has 1 N–H and O–H groups in total. The molecule has 2 aromatic rings. The van der Waals surface area contributed by atoms with Crippen LogP contribution in [0.25, 0.3) is 0 Å². The first-order valence-electron chi connectivity index (χ1n) is 7.36. The highest BCUT2D eigenvalue weighted by atomic mass is 32.2. The highest BCUT2D eigenvalue weighted by Gasteiger charge is 2.09. The quantitative estimate of drug-likeness (QED) is 0.492. The number of thioether (sulfide) groups is 1. The van der Waals surface area contributed by atoms with Gasteiger partial charge in [0.05, 0.1) is 18.6 Å². The number of hydrogen-bond donors (Lipinski definition) is 1. The van der Waals surface area contributed by atoms with Crippen molar-refractivity contribution in [1.82, 2.24) is 5.43 Å². The summed E-state index contributed by atoms with van der Waals surface area (Å²) in [4.78, 5) is 12.3. The van der Waals surface area contributed by atoms with Gasteiger partial charge in [-0.05, 0) is 38.1 Å². The Kier molecular flexibility index (Phi) is 6.37. The van der Waals surface area contributed by atoms with Crippen LogP contribution in [0.4, 0.5) is 4.39 Å². The molecule has 0 aromatic heterocycles. The number of rotatable bonds is 6. The van der Waals surface area contributed by atoms with E-state index in [0.717, 1.165) is 22.9 Å². The minimum Gasteiger partial charge on any atom is -0.496 e. The maximum atomic E-state index is 13.5. The summed E-state index contributed by atoms with van der Waals surface area (Å²) in [5.41, 5.74) is 5.02. The van der Waals surface area contributed by atoms with Gasteiger partial charge in [-0.3, -0.25) is 4.79 Å². The Labute approximate surface area is 145 Å². The number of benzene rings is 2. The van der Waals surface area contributed by atoms with Gasteiger partial charge in [-0.25, -0.2) is 9.82 Å². The van der Waals surface area contributed by atoms with Crippen LogP contribution in [0, 0.1) is 12.7 Å². The van der Waals surface area contributed by atoms with Gasteiger partial charge in [-0.2, -0.15) is 5.10 Å². The Hall–Kier alpha value is -2.34. The molecule has 6 heteroatoms. The van der Waals surface area contributed by atoms with E-state index in [0.29, 0.717) is 16.4 Å². The molecule has 0 atom stereocenters. The molecule has 0 fully saturated rings. The topological polar surface area (TPSA) is 50.7 Å². The van der Waals surface area contributed by atoms with Crippen LogP contribution in [-0.4, -0.2) is 24.5 Å². The second kappa shape index (κ2) is 8.49. The van der Waals surface area contributed by atoms with E-state index >= 15 is 0 Å². The van der Waals surface area contributed by atoms with E-state index in [9.17, 15) is 9.18 Å². The SMILES string of the molecule is COc1ccc(C)cc1/C(C)=N\NC(=O)CSc1ccccc1F. The molecule has 0 aliphatic rings. The van der Waals surface area contributed by atoms with Crippen LogP contribution in [0.3, 0.4) is 0 Å². The van der Waals surface area contributed by atoms with E-state index in [1.54, 1.807) is 32.2 Å². The van der Waals surface area contributed by atoms with Crippen LogP contribution in [0.15, 0.2) is 52.5 Å². The molecular weight excluding hydrogens is 327 g/mol.